The maximum Gasteiger partial charge on any atom is 0.328 e. The molecule has 1 atom stereocenters. The normalized spacial score (nSPS) is 29.8. The van der Waals surface area contributed by atoms with E-state index in [1.165, 1.54) is 12.8 Å². The zero-order valence-corrected chi connectivity index (χ0v) is 13.1. The molecule has 0 saturated heterocycles. The van der Waals surface area contributed by atoms with Crippen molar-refractivity contribution < 1.29 is 14.3 Å². The number of hydrogen-bond donors (Lipinski definition) is 1. The van der Waals surface area contributed by atoms with Crippen molar-refractivity contribution in [2.24, 2.45) is 5.92 Å². The Bertz CT molecular complexity index is 322. The van der Waals surface area contributed by atoms with Crippen LogP contribution in [0.4, 0.5) is 0 Å². The Kier molecular flexibility index (Phi) is 5.44. The minimum absolute atomic E-state index is 0.184. The van der Waals surface area contributed by atoms with Crippen LogP contribution in [0, 0.1) is 5.92 Å². The molecule has 2 fully saturated rings. The number of nitrogens with one attached hydrogen (secondary N) is 1. The first-order chi connectivity index (χ1) is 9.53. The van der Waals surface area contributed by atoms with Crippen LogP contribution in [0.1, 0.15) is 59.3 Å². The largest absolute Gasteiger partial charge is 0.465 e. The maximum atomic E-state index is 12.2. The van der Waals surface area contributed by atoms with Gasteiger partial charge in [-0.1, -0.05) is 6.92 Å². The van der Waals surface area contributed by atoms with Gasteiger partial charge in [0.2, 0.25) is 0 Å². The molecule has 20 heavy (non-hydrogen) atoms. The standard InChI is InChI=1S/C16H29NO3/c1-4-19-15(18)16(3,17-13-7-8-13)11-20-14-9-5-12(2)6-10-14/h12-14,17H,4-11H2,1-3H3. The van der Waals surface area contributed by atoms with Crippen LogP contribution in [-0.4, -0.2) is 36.9 Å². The van der Waals surface area contributed by atoms with Crippen LogP contribution in [0.2, 0.25) is 0 Å². The van der Waals surface area contributed by atoms with Crippen LogP contribution in [0.15, 0.2) is 0 Å². The number of ether oxygens (including phenoxy) is 2. The molecule has 0 aromatic carbocycles. The van der Waals surface area contributed by atoms with Crippen molar-refractivity contribution in [1.29, 1.82) is 0 Å². The highest BCUT2D eigenvalue weighted by Gasteiger charge is 2.40. The van der Waals surface area contributed by atoms with Crippen LogP contribution in [0.3, 0.4) is 0 Å². The van der Waals surface area contributed by atoms with Crippen molar-refractivity contribution in [3.63, 3.8) is 0 Å². The third kappa shape index (κ3) is 4.45. The topological polar surface area (TPSA) is 47.6 Å². The number of esters is 1. The molecule has 0 aromatic rings. The summed E-state index contributed by atoms with van der Waals surface area (Å²) in [6.07, 6.45) is 7.30. The van der Waals surface area contributed by atoms with Gasteiger partial charge in [-0.05, 0) is 58.3 Å². The highest BCUT2D eigenvalue weighted by atomic mass is 16.5. The van der Waals surface area contributed by atoms with Gasteiger partial charge in [-0.15, -0.1) is 0 Å². The molecule has 0 spiro atoms. The van der Waals surface area contributed by atoms with Gasteiger partial charge in [0.25, 0.3) is 0 Å². The van der Waals surface area contributed by atoms with Crippen molar-refractivity contribution in [1.82, 2.24) is 5.32 Å². The molecule has 1 unspecified atom stereocenters. The van der Waals surface area contributed by atoms with Gasteiger partial charge in [-0.25, -0.2) is 4.79 Å². The first-order valence-electron chi connectivity index (χ1n) is 8.10. The lowest BCUT2D eigenvalue weighted by Crippen LogP contribution is -2.55. The minimum Gasteiger partial charge on any atom is -0.465 e. The minimum atomic E-state index is -0.694. The van der Waals surface area contributed by atoms with Crippen molar-refractivity contribution in [3.05, 3.63) is 0 Å². The van der Waals surface area contributed by atoms with E-state index in [1.54, 1.807) is 0 Å². The molecule has 0 heterocycles. The predicted molar refractivity (Wildman–Crippen MR) is 78.6 cm³/mol. The van der Waals surface area contributed by atoms with E-state index in [2.05, 4.69) is 12.2 Å². The van der Waals surface area contributed by atoms with Gasteiger partial charge in [0.05, 0.1) is 19.3 Å². The number of rotatable bonds is 7. The van der Waals surface area contributed by atoms with E-state index in [-0.39, 0.29) is 5.97 Å². The van der Waals surface area contributed by atoms with E-state index in [0.717, 1.165) is 31.6 Å². The molecule has 4 heteroatoms. The highest BCUT2D eigenvalue weighted by Crippen LogP contribution is 2.28. The van der Waals surface area contributed by atoms with Crippen LogP contribution in [0.25, 0.3) is 0 Å². The van der Waals surface area contributed by atoms with Gasteiger partial charge in [0.15, 0.2) is 0 Å². The smallest absolute Gasteiger partial charge is 0.328 e. The Morgan fingerprint density at radius 3 is 2.40 bits per heavy atom. The molecule has 2 saturated carbocycles. The predicted octanol–water partition coefficient (Wildman–Crippen LogP) is 2.66. The van der Waals surface area contributed by atoms with Crippen LogP contribution in [-0.2, 0) is 14.3 Å². The van der Waals surface area contributed by atoms with Gasteiger partial charge in [-0.2, -0.15) is 0 Å². The van der Waals surface area contributed by atoms with E-state index in [9.17, 15) is 4.79 Å². The van der Waals surface area contributed by atoms with E-state index in [4.69, 9.17) is 9.47 Å². The summed E-state index contributed by atoms with van der Waals surface area (Å²) in [7, 11) is 0. The summed E-state index contributed by atoms with van der Waals surface area (Å²) >= 11 is 0. The quantitative estimate of drug-likeness (QED) is 0.730. The van der Waals surface area contributed by atoms with Gasteiger partial charge < -0.3 is 9.47 Å². The second-order valence-electron chi connectivity index (χ2n) is 6.66. The highest BCUT2D eigenvalue weighted by molar-refractivity contribution is 5.80. The Balaban J connectivity index is 1.84. The van der Waals surface area contributed by atoms with Crippen molar-refractivity contribution >= 4 is 5.97 Å². The molecule has 2 aliphatic rings. The van der Waals surface area contributed by atoms with Gasteiger partial charge in [-0.3, -0.25) is 5.32 Å². The molecule has 116 valence electrons. The third-order valence-electron chi connectivity index (χ3n) is 4.40. The van der Waals surface area contributed by atoms with Crippen LogP contribution >= 0.6 is 0 Å². The Labute approximate surface area is 122 Å². The summed E-state index contributed by atoms with van der Waals surface area (Å²) < 4.78 is 11.2. The van der Waals surface area contributed by atoms with E-state index >= 15 is 0 Å². The molecule has 2 rings (SSSR count). The lowest BCUT2D eigenvalue weighted by Gasteiger charge is -2.32. The summed E-state index contributed by atoms with van der Waals surface area (Å²) in [5.74, 6) is 0.631. The fourth-order valence-corrected chi connectivity index (χ4v) is 2.81. The Morgan fingerprint density at radius 1 is 1.20 bits per heavy atom. The van der Waals surface area contributed by atoms with E-state index in [1.807, 2.05) is 13.8 Å². The van der Waals surface area contributed by atoms with E-state index in [0.29, 0.717) is 25.4 Å². The van der Waals surface area contributed by atoms with Gasteiger partial charge >= 0.3 is 5.97 Å². The Morgan fingerprint density at radius 2 is 1.85 bits per heavy atom. The van der Waals surface area contributed by atoms with Gasteiger partial charge in [0, 0.05) is 6.04 Å². The third-order valence-corrected chi connectivity index (χ3v) is 4.40. The molecule has 0 bridgehead atoms. The molecule has 0 radical (unpaired) electrons. The molecule has 0 aromatic heterocycles. The van der Waals surface area contributed by atoms with Crippen LogP contribution < -0.4 is 5.32 Å². The number of hydrogen-bond acceptors (Lipinski definition) is 4. The second kappa shape index (κ2) is 6.90. The first-order valence-corrected chi connectivity index (χ1v) is 8.10. The zero-order valence-electron chi connectivity index (χ0n) is 13.1. The summed E-state index contributed by atoms with van der Waals surface area (Å²) in [6.45, 7) is 6.89. The van der Waals surface area contributed by atoms with E-state index < -0.39 is 5.54 Å². The lowest BCUT2D eigenvalue weighted by molar-refractivity contribution is -0.154. The average molecular weight is 283 g/mol. The Hall–Kier alpha value is -0.610. The monoisotopic (exact) mass is 283 g/mol. The first kappa shape index (κ1) is 15.8. The summed E-state index contributed by atoms with van der Waals surface area (Å²) in [5.41, 5.74) is -0.694. The molecule has 2 aliphatic carbocycles. The summed E-state index contributed by atoms with van der Waals surface area (Å²) in [4.78, 5) is 12.2. The molecule has 1 N–H and O–H groups in total. The molecular weight excluding hydrogens is 254 g/mol. The second-order valence-corrected chi connectivity index (χ2v) is 6.66. The molecule has 0 amide bonds. The molecule has 4 nitrogen and oxygen atoms in total. The average Bonchev–Trinajstić information content (AvgIpc) is 3.22. The van der Waals surface area contributed by atoms with Crippen molar-refractivity contribution in [3.8, 4) is 0 Å². The number of carbonyl (C=O) groups excluding carboxylic acids is 1. The summed E-state index contributed by atoms with van der Waals surface area (Å²) in [6, 6.07) is 0.458. The zero-order chi connectivity index (χ0) is 14.6. The summed E-state index contributed by atoms with van der Waals surface area (Å²) in [5, 5.41) is 3.40. The molecule has 0 aliphatic heterocycles. The van der Waals surface area contributed by atoms with Crippen molar-refractivity contribution in [2.45, 2.75) is 77.0 Å². The maximum absolute atomic E-state index is 12.2. The lowest BCUT2D eigenvalue weighted by atomic mass is 9.89. The fraction of sp³-hybridized carbons (Fsp3) is 0.938. The van der Waals surface area contributed by atoms with Crippen LogP contribution in [0.5, 0.6) is 0 Å². The molecular formula is C16H29NO3. The fourth-order valence-electron chi connectivity index (χ4n) is 2.81. The van der Waals surface area contributed by atoms with Gasteiger partial charge in [0.1, 0.15) is 5.54 Å². The van der Waals surface area contributed by atoms with Crippen molar-refractivity contribution in [2.75, 3.05) is 13.2 Å². The SMILES string of the molecule is CCOC(=O)C(C)(COC1CCC(C)CC1)NC1CC1. The number of carbonyl (C=O) groups is 1.